The number of carbonyl (C=O) groups is 1. The van der Waals surface area contributed by atoms with Crippen LogP contribution in [0.3, 0.4) is 0 Å². The molecule has 3 rings (SSSR count). The average Bonchev–Trinajstić information content (AvgIpc) is 3.16. The molecule has 0 fully saturated rings. The summed E-state index contributed by atoms with van der Waals surface area (Å²) < 4.78 is 15.5. The number of anilines is 1. The van der Waals surface area contributed by atoms with Crippen LogP contribution in [-0.2, 0) is 13.0 Å². The number of H-pyrrole nitrogens is 1. The fraction of sp³-hybridized carbons (Fsp3) is 0.125. The Balaban J connectivity index is 1.71. The molecule has 2 N–H and O–H groups in total. The molecule has 0 radical (unpaired) electrons. The highest BCUT2D eigenvalue weighted by molar-refractivity contribution is 7.71. The summed E-state index contributed by atoms with van der Waals surface area (Å²) in [4.78, 5) is 16.5. The molecule has 3 aromatic rings. The monoisotopic (exact) mass is 375 g/mol. The molecule has 0 atom stereocenters. The van der Waals surface area contributed by atoms with E-state index < -0.39 is 11.7 Å². The second-order valence-electron chi connectivity index (χ2n) is 5.13. The second-order valence-corrected chi connectivity index (χ2v) is 6.37. The maximum absolute atomic E-state index is 13.2. The van der Waals surface area contributed by atoms with E-state index >= 15 is 0 Å². The number of hydrogen-bond acceptors (Lipinski definition) is 5. The fourth-order valence-corrected chi connectivity index (χ4v) is 3.14. The van der Waals surface area contributed by atoms with Crippen LogP contribution in [0, 0.1) is 10.6 Å². The molecule has 0 saturated heterocycles. The third kappa shape index (κ3) is 4.06. The first-order valence-corrected chi connectivity index (χ1v) is 8.62. The van der Waals surface area contributed by atoms with Crippen molar-refractivity contribution in [3.05, 3.63) is 70.0 Å². The lowest BCUT2D eigenvalue weighted by molar-refractivity contribution is 0.102. The standard InChI is InChI=1S/C16H14FN5OS2/c1-2-6-22-13(20-21-16(22)24)8-12-9-25-15(18-12)19-14(23)10-4-3-5-11(17)7-10/h2-5,7,9H,1,6,8H2,(H,21,24)(H,18,19,23). The molecule has 25 heavy (non-hydrogen) atoms. The van der Waals surface area contributed by atoms with Gasteiger partial charge in [0.05, 0.1) is 12.1 Å². The van der Waals surface area contributed by atoms with Crippen molar-refractivity contribution in [2.45, 2.75) is 13.0 Å². The number of aromatic nitrogens is 4. The number of nitrogens with zero attached hydrogens (tertiary/aromatic N) is 3. The minimum atomic E-state index is -0.461. The first-order chi connectivity index (χ1) is 12.1. The van der Waals surface area contributed by atoms with E-state index in [1.807, 2.05) is 9.95 Å². The molecule has 0 spiro atoms. The normalized spacial score (nSPS) is 10.6. The molecule has 0 bridgehead atoms. The van der Waals surface area contributed by atoms with Crippen LogP contribution in [0.15, 0.2) is 42.3 Å². The summed E-state index contributed by atoms with van der Waals surface area (Å²) in [6, 6.07) is 5.49. The van der Waals surface area contributed by atoms with Gasteiger partial charge in [-0.3, -0.25) is 19.8 Å². The summed E-state index contributed by atoms with van der Waals surface area (Å²) in [5.41, 5.74) is 0.988. The molecule has 0 aliphatic heterocycles. The predicted molar refractivity (Wildman–Crippen MR) is 96.9 cm³/mol. The Bertz CT molecular complexity index is 975. The molecule has 128 valence electrons. The number of aromatic amines is 1. The Kier molecular flexibility index (Phi) is 5.15. The Labute approximate surface area is 152 Å². The Hall–Kier alpha value is -2.65. The number of nitrogens with one attached hydrogen (secondary N) is 2. The number of thiazole rings is 1. The molecule has 2 aromatic heterocycles. The molecule has 9 heteroatoms. The topological polar surface area (TPSA) is 75.6 Å². The van der Waals surface area contributed by atoms with Gasteiger partial charge in [0.2, 0.25) is 0 Å². The molecule has 0 saturated carbocycles. The van der Waals surface area contributed by atoms with Crippen molar-refractivity contribution in [2.24, 2.45) is 0 Å². The van der Waals surface area contributed by atoms with Gasteiger partial charge in [-0.25, -0.2) is 9.37 Å². The molecular weight excluding hydrogens is 361 g/mol. The highest BCUT2D eigenvalue weighted by Crippen LogP contribution is 2.19. The van der Waals surface area contributed by atoms with Crippen molar-refractivity contribution < 1.29 is 9.18 Å². The number of amides is 1. The summed E-state index contributed by atoms with van der Waals surface area (Å²) in [5.74, 6) is -0.134. The lowest BCUT2D eigenvalue weighted by Crippen LogP contribution is -2.12. The van der Waals surface area contributed by atoms with Crippen molar-refractivity contribution >= 4 is 34.6 Å². The number of allylic oxidation sites excluding steroid dienone is 1. The quantitative estimate of drug-likeness (QED) is 0.510. The van der Waals surface area contributed by atoms with Gasteiger partial charge in [0, 0.05) is 17.5 Å². The van der Waals surface area contributed by atoms with Crippen LogP contribution in [-0.4, -0.2) is 25.7 Å². The SMILES string of the molecule is C=CCn1c(Cc2csc(NC(=O)c3cccc(F)c3)n2)n[nH]c1=S. The fourth-order valence-electron chi connectivity index (χ4n) is 2.21. The maximum Gasteiger partial charge on any atom is 0.257 e. The molecule has 2 heterocycles. The first kappa shape index (κ1) is 17.2. The van der Waals surface area contributed by atoms with Gasteiger partial charge in [-0.05, 0) is 30.4 Å². The molecule has 1 aromatic carbocycles. The Morgan fingerprint density at radius 2 is 2.36 bits per heavy atom. The van der Waals surface area contributed by atoms with E-state index in [0.717, 1.165) is 11.5 Å². The number of halogens is 1. The zero-order valence-corrected chi connectivity index (χ0v) is 14.7. The van der Waals surface area contributed by atoms with Gasteiger partial charge in [0.15, 0.2) is 9.90 Å². The zero-order valence-electron chi connectivity index (χ0n) is 13.0. The van der Waals surface area contributed by atoms with Crippen molar-refractivity contribution in [3.8, 4) is 0 Å². The lowest BCUT2D eigenvalue weighted by atomic mass is 10.2. The van der Waals surface area contributed by atoms with E-state index in [2.05, 4.69) is 27.1 Å². The van der Waals surface area contributed by atoms with Crippen molar-refractivity contribution in [3.63, 3.8) is 0 Å². The van der Waals surface area contributed by atoms with Gasteiger partial charge < -0.3 is 0 Å². The van der Waals surface area contributed by atoms with Crippen LogP contribution in [0.5, 0.6) is 0 Å². The molecule has 0 aliphatic rings. The van der Waals surface area contributed by atoms with Crippen molar-refractivity contribution in [1.82, 2.24) is 19.7 Å². The van der Waals surface area contributed by atoms with E-state index in [9.17, 15) is 9.18 Å². The highest BCUT2D eigenvalue weighted by Gasteiger charge is 2.12. The largest absolute Gasteiger partial charge is 0.300 e. The second kappa shape index (κ2) is 7.49. The summed E-state index contributed by atoms with van der Waals surface area (Å²) >= 11 is 6.46. The van der Waals surface area contributed by atoms with E-state index in [-0.39, 0.29) is 5.56 Å². The number of benzene rings is 1. The summed E-state index contributed by atoms with van der Waals surface area (Å²) in [6.45, 7) is 4.25. The van der Waals surface area contributed by atoms with Crippen LogP contribution in [0.25, 0.3) is 0 Å². The first-order valence-electron chi connectivity index (χ1n) is 7.33. The molecule has 0 unspecified atom stereocenters. The Morgan fingerprint density at radius 3 is 3.12 bits per heavy atom. The van der Waals surface area contributed by atoms with Crippen LogP contribution in [0.4, 0.5) is 9.52 Å². The van der Waals surface area contributed by atoms with Gasteiger partial charge in [0.1, 0.15) is 11.6 Å². The van der Waals surface area contributed by atoms with Gasteiger partial charge in [-0.2, -0.15) is 5.10 Å². The molecular formula is C16H14FN5OS2. The Morgan fingerprint density at radius 1 is 1.52 bits per heavy atom. The smallest absolute Gasteiger partial charge is 0.257 e. The number of rotatable bonds is 6. The van der Waals surface area contributed by atoms with Gasteiger partial charge in [0.25, 0.3) is 5.91 Å². The van der Waals surface area contributed by atoms with Crippen molar-refractivity contribution in [2.75, 3.05) is 5.32 Å². The van der Waals surface area contributed by atoms with Crippen LogP contribution in [0.2, 0.25) is 0 Å². The van der Waals surface area contributed by atoms with Gasteiger partial charge >= 0.3 is 0 Å². The van der Waals surface area contributed by atoms with Crippen LogP contribution < -0.4 is 5.32 Å². The van der Waals surface area contributed by atoms with E-state index in [0.29, 0.717) is 22.9 Å². The summed E-state index contributed by atoms with van der Waals surface area (Å²) in [7, 11) is 0. The van der Waals surface area contributed by atoms with Gasteiger partial charge in [-0.1, -0.05) is 12.1 Å². The number of carbonyl (C=O) groups excluding carboxylic acids is 1. The molecule has 0 aliphatic carbocycles. The van der Waals surface area contributed by atoms with E-state index in [1.54, 1.807) is 12.1 Å². The van der Waals surface area contributed by atoms with E-state index in [4.69, 9.17) is 12.2 Å². The van der Waals surface area contributed by atoms with Gasteiger partial charge in [-0.15, -0.1) is 17.9 Å². The number of hydrogen-bond donors (Lipinski definition) is 2. The van der Waals surface area contributed by atoms with Crippen LogP contribution in [0.1, 0.15) is 21.9 Å². The predicted octanol–water partition coefficient (Wildman–Crippen LogP) is 3.57. The summed E-state index contributed by atoms with van der Waals surface area (Å²) in [6.07, 6.45) is 2.20. The minimum Gasteiger partial charge on any atom is -0.300 e. The van der Waals surface area contributed by atoms with E-state index in [1.165, 1.54) is 29.5 Å². The minimum absolute atomic E-state index is 0.239. The van der Waals surface area contributed by atoms with Crippen molar-refractivity contribution in [1.29, 1.82) is 0 Å². The summed E-state index contributed by atoms with van der Waals surface area (Å²) in [5, 5.41) is 11.9. The lowest BCUT2D eigenvalue weighted by Gasteiger charge is -2.02. The molecule has 6 nitrogen and oxygen atoms in total. The maximum atomic E-state index is 13.2. The average molecular weight is 375 g/mol. The highest BCUT2D eigenvalue weighted by atomic mass is 32.1. The van der Waals surface area contributed by atoms with Crippen LogP contribution >= 0.6 is 23.6 Å². The zero-order chi connectivity index (χ0) is 17.8. The third-order valence-corrected chi connectivity index (χ3v) is 4.47. The molecule has 1 amide bonds. The third-order valence-electron chi connectivity index (χ3n) is 3.35.